The van der Waals surface area contributed by atoms with Crippen LogP contribution in [0, 0.1) is 40.4 Å². The van der Waals surface area contributed by atoms with Crippen LogP contribution in [0.3, 0.4) is 0 Å². The number of rotatable bonds is 1. The standard InChI is InChI=1S/C29H34O11/c1-24-10-18-26(3)29-20(24)21(32)28(40-29,37-11-14(24)22(33)38-18)13-9-15(30)19-16(36-4)5-6-17(31)25(19,2)12(13)7-8-27(29,35)23(34)39-26/h5-6,12-16,18-20,30,35H,7-11H2,1-4H3/t12?,13?,14-,15?,16+,18+,19?,20?,24+,25-,26-,27+,28+,29-/m0/s1. The van der Waals surface area contributed by atoms with Gasteiger partial charge in [-0.3, -0.25) is 14.4 Å². The number of methoxy groups -OCH3 is 1. The Hall–Kier alpha value is -2.18. The van der Waals surface area contributed by atoms with E-state index in [-0.39, 0.29) is 38.1 Å². The molecule has 8 aliphatic rings. The predicted molar refractivity (Wildman–Crippen MR) is 130 cm³/mol. The molecule has 0 amide bonds. The van der Waals surface area contributed by atoms with Crippen LogP contribution in [-0.4, -0.2) is 88.3 Å². The molecule has 216 valence electrons. The zero-order chi connectivity index (χ0) is 28.4. The van der Waals surface area contributed by atoms with Gasteiger partial charge in [0.2, 0.25) is 5.79 Å². The first kappa shape index (κ1) is 25.5. The van der Waals surface area contributed by atoms with Gasteiger partial charge >= 0.3 is 11.9 Å². The number of Topliss-reactive ketones (excluding diaryl/α,β-unsaturated/α-hetero) is 1. The summed E-state index contributed by atoms with van der Waals surface area (Å²) in [5.41, 5.74) is -8.06. The summed E-state index contributed by atoms with van der Waals surface area (Å²) < 4.78 is 30.8. The second-order valence-corrected chi connectivity index (χ2v) is 13.9. The van der Waals surface area contributed by atoms with Gasteiger partial charge in [-0.2, -0.15) is 0 Å². The van der Waals surface area contributed by atoms with Gasteiger partial charge < -0.3 is 33.9 Å². The van der Waals surface area contributed by atoms with Crippen molar-refractivity contribution in [2.24, 2.45) is 40.4 Å². The fraction of sp³-hybridized carbons (Fsp3) is 0.793. The number of hydrogen-bond donors (Lipinski definition) is 2. The van der Waals surface area contributed by atoms with Gasteiger partial charge in [-0.05, 0) is 50.0 Å². The summed E-state index contributed by atoms with van der Waals surface area (Å²) in [5, 5.41) is 24.1. The lowest BCUT2D eigenvalue weighted by molar-refractivity contribution is -0.379. The highest BCUT2D eigenvalue weighted by atomic mass is 16.8. The molecule has 5 saturated heterocycles. The molecule has 5 heterocycles. The number of carbonyl (C=O) groups excluding carboxylic acids is 4. The van der Waals surface area contributed by atoms with E-state index >= 15 is 0 Å². The van der Waals surface area contributed by atoms with Gasteiger partial charge in [0.1, 0.15) is 6.10 Å². The van der Waals surface area contributed by atoms with Crippen molar-refractivity contribution in [2.45, 2.75) is 87.4 Å². The van der Waals surface area contributed by atoms with Crippen molar-refractivity contribution >= 4 is 23.5 Å². The molecule has 7 fully saturated rings. The normalized spacial score (nSPS) is 60.8. The number of aliphatic hydroxyl groups excluding tert-OH is 1. The van der Waals surface area contributed by atoms with E-state index in [2.05, 4.69) is 0 Å². The number of allylic oxidation sites excluding steroid dienone is 1. The summed E-state index contributed by atoms with van der Waals surface area (Å²) in [6, 6.07) is 0. The molecule has 3 aliphatic carbocycles. The van der Waals surface area contributed by atoms with E-state index in [0.29, 0.717) is 0 Å². The largest absolute Gasteiger partial charge is 0.458 e. The Morgan fingerprint density at radius 3 is 2.58 bits per heavy atom. The molecule has 40 heavy (non-hydrogen) atoms. The van der Waals surface area contributed by atoms with E-state index in [1.807, 2.05) is 6.92 Å². The van der Waals surface area contributed by atoms with Crippen molar-refractivity contribution in [1.29, 1.82) is 0 Å². The highest BCUT2D eigenvalue weighted by Crippen LogP contribution is 2.75. The van der Waals surface area contributed by atoms with Crippen LogP contribution in [0.2, 0.25) is 0 Å². The Morgan fingerprint density at radius 2 is 1.85 bits per heavy atom. The van der Waals surface area contributed by atoms with E-state index in [0.717, 1.165) is 0 Å². The van der Waals surface area contributed by atoms with Gasteiger partial charge in [0, 0.05) is 24.4 Å². The molecule has 0 aromatic rings. The van der Waals surface area contributed by atoms with Crippen molar-refractivity contribution in [3.05, 3.63) is 12.2 Å². The fourth-order valence-electron chi connectivity index (χ4n) is 10.9. The summed E-state index contributed by atoms with van der Waals surface area (Å²) in [5.74, 6) is -8.21. The van der Waals surface area contributed by atoms with Gasteiger partial charge in [-0.15, -0.1) is 0 Å². The topological polar surface area (TPSA) is 155 Å². The molecule has 0 aromatic heterocycles. The molecule has 2 saturated carbocycles. The van der Waals surface area contributed by atoms with Crippen LogP contribution in [0.1, 0.15) is 46.5 Å². The third kappa shape index (κ3) is 2.25. The van der Waals surface area contributed by atoms with E-state index in [1.54, 1.807) is 19.9 Å². The van der Waals surface area contributed by atoms with Crippen LogP contribution in [0.15, 0.2) is 12.2 Å². The van der Waals surface area contributed by atoms with Gasteiger partial charge in [0.15, 0.2) is 28.4 Å². The lowest BCUT2D eigenvalue weighted by Gasteiger charge is -2.63. The van der Waals surface area contributed by atoms with Crippen LogP contribution in [0.25, 0.3) is 0 Å². The predicted octanol–water partition coefficient (Wildman–Crippen LogP) is 0.233. The van der Waals surface area contributed by atoms with Crippen LogP contribution in [0.4, 0.5) is 0 Å². The highest BCUT2D eigenvalue weighted by molar-refractivity contribution is 6.00. The summed E-state index contributed by atoms with van der Waals surface area (Å²) in [7, 11) is 1.51. The molecule has 0 aromatic carbocycles. The minimum Gasteiger partial charge on any atom is -0.458 e. The maximum Gasteiger partial charge on any atom is 0.342 e. The smallest absolute Gasteiger partial charge is 0.342 e. The number of ether oxygens (including phenoxy) is 5. The fourth-order valence-corrected chi connectivity index (χ4v) is 10.9. The summed E-state index contributed by atoms with van der Waals surface area (Å²) in [4.78, 5) is 55.8. The van der Waals surface area contributed by atoms with Gasteiger partial charge in [-0.25, -0.2) is 4.79 Å². The summed E-state index contributed by atoms with van der Waals surface area (Å²) in [6.07, 6.45) is 0.898. The van der Waals surface area contributed by atoms with Crippen molar-refractivity contribution in [1.82, 2.24) is 0 Å². The van der Waals surface area contributed by atoms with Crippen molar-refractivity contribution in [3.63, 3.8) is 0 Å². The zero-order valence-corrected chi connectivity index (χ0v) is 22.9. The monoisotopic (exact) mass is 558 g/mol. The van der Waals surface area contributed by atoms with Crippen LogP contribution in [0.5, 0.6) is 0 Å². The average molecular weight is 559 g/mol. The Morgan fingerprint density at radius 1 is 1.10 bits per heavy atom. The molecule has 8 rings (SSSR count). The third-order valence-electron chi connectivity index (χ3n) is 12.8. The van der Waals surface area contributed by atoms with Gasteiger partial charge in [0.25, 0.3) is 0 Å². The lowest BCUT2D eigenvalue weighted by Crippen LogP contribution is -2.79. The minimum atomic E-state index is -2.26. The van der Waals surface area contributed by atoms with Crippen LogP contribution in [-0.2, 0) is 42.9 Å². The maximum atomic E-state index is 15.0. The Bertz CT molecular complexity index is 1330. The minimum absolute atomic E-state index is 0.0691. The maximum absolute atomic E-state index is 15.0. The molecule has 0 radical (unpaired) electrons. The van der Waals surface area contributed by atoms with E-state index in [4.69, 9.17) is 23.7 Å². The first-order valence-corrected chi connectivity index (χ1v) is 14.2. The van der Waals surface area contributed by atoms with E-state index in [9.17, 15) is 29.4 Å². The second-order valence-electron chi connectivity index (χ2n) is 13.9. The molecule has 2 N–H and O–H groups in total. The molecule has 5 bridgehead atoms. The first-order valence-electron chi connectivity index (χ1n) is 14.2. The van der Waals surface area contributed by atoms with Gasteiger partial charge in [0.05, 0.1) is 30.7 Å². The molecule has 5 unspecified atom stereocenters. The number of ketones is 2. The van der Waals surface area contributed by atoms with Crippen LogP contribution < -0.4 is 0 Å². The number of esters is 2. The quantitative estimate of drug-likeness (QED) is 0.425. The van der Waals surface area contributed by atoms with Gasteiger partial charge in [-0.1, -0.05) is 19.9 Å². The highest BCUT2D eigenvalue weighted by Gasteiger charge is 2.93. The molecular weight excluding hydrogens is 524 g/mol. The first-order chi connectivity index (χ1) is 18.8. The second kappa shape index (κ2) is 7.06. The third-order valence-corrected chi connectivity index (χ3v) is 12.8. The number of fused-ring (bicyclic) bond motifs is 5. The molecular formula is C29H34O11. The Kier molecular flexibility index (Phi) is 4.50. The summed E-state index contributed by atoms with van der Waals surface area (Å²) in [6.45, 7) is 4.98. The van der Waals surface area contributed by atoms with Crippen LogP contribution >= 0.6 is 0 Å². The van der Waals surface area contributed by atoms with E-state index in [1.165, 1.54) is 13.2 Å². The molecule has 5 aliphatic heterocycles. The lowest BCUT2D eigenvalue weighted by atomic mass is 9.46. The molecule has 11 heteroatoms. The van der Waals surface area contributed by atoms with Crippen molar-refractivity contribution < 1.29 is 53.1 Å². The summed E-state index contributed by atoms with van der Waals surface area (Å²) >= 11 is 0. The average Bonchev–Trinajstić information content (AvgIpc) is 3.22. The SMILES string of the molecule is CO[C@@H]1C=CC(=O)[C@]2(C)C3CC[C@@]4(O)C(=O)O[C@@]5(C)[C@H]6C[C@@]7(C)C8C(=O)[C@](OC[C@H]7C(=O)O6)(O[C@]845)C3CC(O)C12. The number of aliphatic hydroxyl groups is 2. The Labute approximate surface area is 230 Å². The molecule has 14 atom stereocenters. The number of hydrogen-bond acceptors (Lipinski definition) is 11. The zero-order valence-electron chi connectivity index (χ0n) is 22.9. The molecule has 11 nitrogen and oxygen atoms in total. The van der Waals surface area contributed by atoms with E-state index < -0.39 is 99.0 Å². The van der Waals surface area contributed by atoms with Crippen molar-refractivity contribution in [2.75, 3.05) is 13.7 Å². The van der Waals surface area contributed by atoms with Crippen molar-refractivity contribution in [3.8, 4) is 0 Å². The number of carbonyl (C=O) groups is 4. The molecule has 2 spiro atoms. The Balaban J connectivity index is 1.41.